The zero-order chi connectivity index (χ0) is 25.5. The van der Waals surface area contributed by atoms with Crippen molar-refractivity contribution in [2.45, 2.75) is 51.8 Å². The van der Waals surface area contributed by atoms with E-state index in [1.54, 1.807) is 41.3 Å². The number of rotatable bonds is 10. The number of para-hydroxylation sites is 1. The minimum absolute atomic E-state index is 0.000879. The van der Waals surface area contributed by atoms with Crippen LogP contribution in [0.15, 0.2) is 64.0 Å². The summed E-state index contributed by atoms with van der Waals surface area (Å²) in [6.45, 7) is 2.96. The average molecular weight is 495 g/mol. The van der Waals surface area contributed by atoms with Crippen LogP contribution in [0.4, 0.5) is 4.39 Å². The summed E-state index contributed by atoms with van der Waals surface area (Å²) in [5.74, 6) is -0.790. The fraction of sp³-hybridized carbons (Fsp3) is 0.393. The first-order chi connectivity index (χ1) is 17.4. The zero-order valence-corrected chi connectivity index (χ0v) is 20.5. The molecule has 0 aliphatic carbocycles. The second-order valence-electron chi connectivity index (χ2n) is 9.12. The van der Waals surface area contributed by atoms with E-state index in [2.05, 4.69) is 0 Å². The highest BCUT2D eigenvalue weighted by Gasteiger charge is 2.26. The molecule has 3 aromatic rings. The number of ether oxygens (including phenoxy) is 1. The second kappa shape index (κ2) is 11.9. The third-order valence-electron chi connectivity index (χ3n) is 6.34. The molecule has 1 aliphatic heterocycles. The molecule has 7 nitrogen and oxygen atoms in total. The van der Waals surface area contributed by atoms with Gasteiger partial charge in [-0.15, -0.1) is 0 Å². The molecule has 1 aromatic heterocycles. The Morgan fingerprint density at radius 2 is 1.81 bits per heavy atom. The van der Waals surface area contributed by atoms with Gasteiger partial charge in [-0.05, 0) is 49.1 Å². The highest BCUT2D eigenvalue weighted by molar-refractivity contribution is 5.85. The third kappa shape index (κ3) is 6.37. The van der Waals surface area contributed by atoms with Crippen LogP contribution in [0, 0.1) is 5.82 Å². The summed E-state index contributed by atoms with van der Waals surface area (Å²) in [6, 6.07) is 12.8. The van der Waals surface area contributed by atoms with Crippen LogP contribution in [0.25, 0.3) is 11.0 Å². The van der Waals surface area contributed by atoms with Crippen molar-refractivity contribution in [3.8, 4) is 0 Å². The molecule has 1 atom stereocenters. The lowest BCUT2D eigenvalue weighted by molar-refractivity contribution is -0.142. The minimum Gasteiger partial charge on any atom is -0.464 e. The van der Waals surface area contributed by atoms with E-state index < -0.39 is 0 Å². The first-order valence-electron chi connectivity index (χ1n) is 12.4. The molecule has 4 rings (SSSR count). The Morgan fingerprint density at radius 1 is 1.03 bits per heavy atom. The van der Waals surface area contributed by atoms with Gasteiger partial charge >= 0.3 is 0 Å². The summed E-state index contributed by atoms with van der Waals surface area (Å²) in [5, 5.41) is 0.433. The van der Waals surface area contributed by atoms with Crippen molar-refractivity contribution in [2.24, 2.45) is 0 Å². The molecule has 1 aliphatic rings. The fourth-order valence-electron chi connectivity index (χ4n) is 4.40. The normalized spacial score (nSPS) is 15.2. The van der Waals surface area contributed by atoms with Gasteiger partial charge in [0, 0.05) is 26.1 Å². The highest BCUT2D eigenvalue weighted by atomic mass is 19.1. The number of fused-ring (bicyclic) bond motifs is 1. The van der Waals surface area contributed by atoms with Crippen LogP contribution in [0.2, 0.25) is 0 Å². The molecule has 2 heterocycles. The largest absolute Gasteiger partial charge is 0.464 e. The molecule has 1 unspecified atom stereocenters. The van der Waals surface area contributed by atoms with Crippen molar-refractivity contribution < 1.29 is 23.1 Å². The van der Waals surface area contributed by atoms with Gasteiger partial charge < -0.3 is 19.0 Å². The van der Waals surface area contributed by atoms with Crippen molar-refractivity contribution in [1.29, 1.82) is 0 Å². The first kappa shape index (κ1) is 25.6. The van der Waals surface area contributed by atoms with Crippen LogP contribution < -0.4 is 5.43 Å². The number of carbonyl (C=O) groups excluding carboxylic acids is 2. The van der Waals surface area contributed by atoms with Gasteiger partial charge in [-0.1, -0.05) is 31.2 Å². The van der Waals surface area contributed by atoms with Gasteiger partial charge in [0.2, 0.25) is 11.8 Å². The Balaban J connectivity index is 1.59. The molecule has 1 fully saturated rings. The molecular formula is C28H31FN2O5. The summed E-state index contributed by atoms with van der Waals surface area (Å²) >= 11 is 0. The smallest absolute Gasteiger partial charge is 0.242 e. The van der Waals surface area contributed by atoms with E-state index in [9.17, 15) is 18.8 Å². The molecule has 0 N–H and O–H groups in total. The molecule has 0 radical (unpaired) electrons. The average Bonchev–Trinajstić information content (AvgIpc) is 3.39. The van der Waals surface area contributed by atoms with Crippen LogP contribution in [-0.2, 0) is 27.4 Å². The standard InChI is InChI=1S/C28H31FN2O5/c1-2-6-26(32)31(17-23-7-5-14-35-23)18-27(33)30(15-20-10-12-22(29)13-11-20)16-21-19-36-25-9-4-3-8-24(25)28(21)34/h3-4,8-13,19,23H,2,5-7,14-18H2,1H3. The number of hydrogen-bond acceptors (Lipinski definition) is 5. The van der Waals surface area contributed by atoms with Crippen molar-refractivity contribution in [1.82, 2.24) is 9.80 Å². The van der Waals surface area contributed by atoms with Crippen LogP contribution >= 0.6 is 0 Å². The fourth-order valence-corrected chi connectivity index (χ4v) is 4.40. The third-order valence-corrected chi connectivity index (χ3v) is 6.34. The van der Waals surface area contributed by atoms with Crippen LogP contribution in [0.5, 0.6) is 0 Å². The van der Waals surface area contributed by atoms with Gasteiger partial charge in [-0.2, -0.15) is 0 Å². The van der Waals surface area contributed by atoms with E-state index in [-0.39, 0.29) is 48.8 Å². The van der Waals surface area contributed by atoms with Crippen molar-refractivity contribution in [2.75, 3.05) is 19.7 Å². The van der Waals surface area contributed by atoms with E-state index in [4.69, 9.17) is 9.15 Å². The number of benzene rings is 2. The molecule has 8 heteroatoms. The van der Waals surface area contributed by atoms with Gasteiger partial charge in [0.1, 0.15) is 11.4 Å². The molecule has 2 amide bonds. The van der Waals surface area contributed by atoms with E-state index in [0.717, 1.165) is 12.8 Å². The lowest BCUT2D eigenvalue weighted by Crippen LogP contribution is -2.45. The van der Waals surface area contributed by atoms with Crippen LogP contribution in [-0.4, -0.2) is 47.4 Å². The Bertz CT molecular complexity index is 1250. The molecule has 36 heavy (non-hydrogen) atoms. The maximum Gasteiger partial charge on any atom is 0.242 e. The van der Waals surface area contributed by atoms with E-state index in [1.165, 1.54) is 23.3 Å². The summed E-state index contributed by atoms with van der Waals surface area (Å²) in [6.07, 6.45) is 4.09. The predicted molar refractivity (Wildman–Crippen MR) is 134 cm³/mol. The minimum atomic E-state index is -0.375. The number of amides is 2. The predicted octanol–water partition coefficient (Wildman–Crippen LogP) is 4.27. The van der Waals surface area contributed by atoms with Gasteiger partial charge in [-0.25, -0.2) is 4.39 Å². The van der Waals surface area contributed by atoms with Crippen LogP contribution in [0.1, 0.15) is 43.7 Å². The van der Waals surface area contributed by atoms with E-state index >= 15 is 0 Å². The number of halogens is 1. The summed E-state index contributed by atoms with van der Waals surface area (Å²) in [7, 11) is 0. The van der Waals surface area contributed by atoms with Gasteiger partial charge in [0.05, 0.1) is 36.4 Å². The molecule has 0 spiro atoms. The first-order valence-corrected chi connectivity index (χ1v) is 12.4. The van der Waals surface area contributed by atoms with Gasteiger partial charge in [0.25, 0.3) is 0 Å². The monoisotopic (exact) mass is 494 g/mol. The SMILES string of the molecule is CCCC(=O)N(CC(=O)N(Cc1ccc(F)cc1)Cc1coc2ccccc2c1=O)CC1CCCO1. The van der Waals surface area contributed by atoms with Crippen molar-refractivity contribution in [3.63, 3.8) is 0 Å². The number of hydrogen-bond donors (Lipinski definition) is 0. The second-order valence-corrected chi connectivity index (χ2v) is 9.12. The topological polar surface area (TPSA) is 80.1 Å². The maximum atomic E-state index is 13.6. The molecule has 2 aromatic carbocycles. The van der Waals surface area contributed by atoms with E-state index in [0.29, 0.717) is 48.1 Å². The Labute approximate surface area is 209 Å². The van der Waals surface area contributed by atoms with Crippen molar-refractivity contribution in [3.05, 3.63) is 82.0 Å². The molecular weight excluding hydrogens is 463 g/mol. The van der Waals surface area contributed by atoms with Crippen LogP contribution in [0.3, 0.4) is 0 Å². The quantitative estimate of drug-likeness (QED) is 0.421. The Hall–Kier alpha value is -3.52. The molecule has 0 saturated carbocycles. The maximum absolute atomic E-state index is 13.6. The molecule has 190 valence electrons. The summed E-state index contributed by atoms with van der Waals surface area (Å²) in [4.78, 5) is 42.6. The molecule has 0 bridgehead atoms. The Morgan fingerprint density at radius 3 is 2.53 bits per heavy atom. The lowest BCUT2D eigenvalue weighted by atomic mass is 10.1. The number of nitrogens with zero attached hydrogens (tertiary/aromatic N) is 2. The summed E-state index contributed by atoms with van der Waals surface area (Å²) in [5.41, 5.74) is 1.29. The van der Waals surface area contributed by atoms with E-state index in [1.807, 2.05) is 6.92 Å². The lowest BCUT2D eigenvalue weighted by Gasteiger charge is -2.29. The Kier molecular flexibility index (Phi) is 8.48. The highest BCUT2D eigenvalue weighted by Crippen LogP contribution is 2.17. The van der Waals surface area contributed by atoms with Crippen molar-refractivity contribution >= 4 is 22.8 Å². The number of carbonyl (C=O) groups is 2. The zero-order valence-electron chi connectivity index (χ0n) is 20.5. The summed E-state index contributed by atoms with van der Waals surface area (Å²) < 4.78 is 24.8. The van der Waals surface area contributed by atoms with Gasteiger partial charge in [0.15, 0.2) is 5.43 Å². The van der Waals surface area contributed by atoms with Gasteiger partial charge in [-0.3, -0.25) is 14.4 Å². The molecule has 1 saturated heterocycles.